The van der Waals surface area contributed by atoms with Crippen LogP contribution in [-0.4, -0.2) is 39.4 Å². The van der Waals surface area contributed by atoms with Gasteiger partial charge in [0.25, 0.3) is 0 Å². The predicted octanol–water partition coefficient (Wildman–Crippen LogP) is -2.33. The summed E-state index contributed by atoms with van der Waals surface area (Å²) in [6, 6.07) is -1.45. The molecule has 1 atom stereocenters. The minimum absolute atomic E-state index is 0.171. The maximum atomic E-state index is 10.0. The second kappa shape index (κ2) is 3.42. The molecule has 6 nitrogen and oxygen atoms in total. The van der Waals surface area contributed by atoms with E-state index in [2.05, 4.69) is 0 Å². The average molecular weight is 163 g/mol. The molecule has 0 aliphatic heterocycles. The lowest BCUT2D eigenvalue weighted by Gasteiger charge is -2.15. The second-order valence-corrected chi connectivity index (χ2v) is 2.15. The van der Waals surface area contributed by atoms with Crippen LogP contribution in [0.3, 0.4) is 0 Å². The number of carbonyl (C=O) groups is 2. The maximum Gasteiger partial charge on any atom is 0.320 e. The third-order valence-electron chi connectivity index (χ3n) is 1.03. The van der Waals surface area contributed by atoms with Crippen molar-refractivity contribution in [1.82, 2.24) is 0 Å². The summed E-state index contributed by atoms with van der Waals surface area (Å²) in [5.74, 6) is -4.03. The van der Waals surface area contributed by atoms with E-state index in [9.17, 15) is 9.59 Å². The predicted molar refractivity (Wildman–Crippen MR) is 33.5 cm³/mol. The molecular weight excluding hydrogens is 154 g/mol. The number of hydrogen-bond acceptors (Lipinski definition) is 5. The highest BCUT2D eigenvalue weighted by atomic mass is 16.5. The summed E-state index contributed by atoms with van der Waals surface area (Å²) in [4.78, 5) is 19.9. The first-order chi connectivity index (χ1) is 4.89. The van der Waals surface area contributed by atoms with Crippen LogP contribution in [0.1, 0.15) is 6.42 Å². The van der Waals surface area contributed by atoms with Crippen molar-refractivity contribution in [3.8, 4) is 0 Å². The van der Waals surface area contributed by atoms with Gasteiger partial charge in [0.05, 0.1) is 0 Å². The molecule has 0 aliphatic rings. The molecule has 0 rings (SSSR count). The fourth-order valence-corrected chi connectivity index (χ4v) is 0.459. The summed E-state index contributed by atoms with van der Waals surface area (Å²) in [5.41, 5.74) is 4.90. The van der Waals surface area contributed by atoms with Crippen LogP contribution < -0.4 is 5.73 Å². The van der Waals surface area contributed by atoms with Crippen molar-refractivity contribution in [1.29, 1.82) is 0 Å². The van der Waals surface area contributed by atoms with Crippen LogP contribution in [0.2, 0.25) is 0 Å². The topological polar surface area (TPSA) is 121 Å². The van der Waals surface area contributed by atoms with Crippen LogP contribution in [-0.2, 0) is 9.59 Å². The van der Waals surface area contributed by atoms with Gasteiger partial charge in [0.1, 0.15) is 6.04 Å². The molecule has 0 spiro atoms. The van der Waals surface area contributed by atoms with Crippen molar-refractivity contribution in [2.24, 2.45) is 5.73 Å². The Morgan fingerprint density at radius 3 is 2.36 bits per heavy atom. The smallest absolute Gasteiger partial charge is 0.320 e. The van der Waals surface area contributed by atoms with E-state index < -0.39 is 24.2 Å². The lowest BCUT2D eigenvalue weighted by Crippen LogP contribution is -2.42. The van der Waals surface area contributed by atoms with Crippen LogP contribution in [0.4, 0.5) is 0 Å². The van der Waals surface area contributed by atoms with E-state index in [0.29, 0.717) is 0 Å². The SMILES string of the molecule is N[C@@H](CC(O)(O)C=O)C(=O)O. The van der Waals surface area contributed by atoms with Gasteiger partial charge in [0, 0.05) is 6.42 Å². The van der Waals surface area contributed by atoms with Crippen LogP contribution in [0, 0.1) is 0 Å². The minimum Gasteiger partial charge on any atom is -0.480 e. The first-order valence-corrected chi connectivity index (χ1v) is 2.78. The van der Waals surface area contributed by atoms with Crippen molar-refractivity contribution < 1.29 is 24.9 Å². The molecule has 6 heteroatoms. The van der Waals surface area contributed by atoms with E-state index in [1.807, 2.05) is 0 Å². The Hall–Kier alpha value is -0.980. The summed E-state index contributed by atoms with van der Waals surface area (Å²) >= 11 is 0. The third kappa shape index (κ3) is 3.66. The minimum atomic E-state index is -2.64. The van der Waals surface area contributed by atoms with E-state index in [1.54, 1.807) is 0 Å². The Morgan fingerprint density at radius 1 is 1.64 bits per heavy atom. The Morgan fingerprint density at radius 2 is 2.09 bits per heavy atom. The molecule has 0 bridgehead atoms. The van der Waals surface area contributed by atoms with Gasteiger partial charge in [-0.25, -0.2) is 0 Å². The third-order valence-corrected chi connectivity index (χ3v) is 1.03. The number of carbonyl (C=O) groups excluding carboxylic acids is 1. The van der Waals surface area contributed by atoms with Crippen molar-refractivity contribution in [3.63, 3.8) is 0 Å². The Labute approximate surface area is 62.2 Å². The Kier molecular flexibility index (Phi) is 3.12. The maximum absolute atomic E-state index is 10.0. The van der Waals surface area contributed by atoms with Crippen LogP contribution in [0.25, 0.3) is 0 Å². The number of aldehydes is 1. The number of nitrogens with two attached hydrogens (primary N) is 1. The monoisotopic (exact) mass is 163 g/mol. The average Bonchev–Trinajstić information content (AvgIpc) is 1.87. The molecule has 0 saturated carbocycles. The quantitative estimate of drug-likeness (QED) is 0.272. The molecule has 64 valence electrons. The molecule has 0 heterocycles. The van der Waals surface area contributed by atoms with Gasteiger partial charge in [-0.3, -0.25) is 9.59 Å². The molecule has 0 unspecified atom stereocenters. The van der Waals surface area contributed by atoms with Gasteiger partial charge in [0.15, 0.2) is 6.29 Å². The van der Waals surface area contributed by atoms with Crippen molar-refractivity contribution in [3.05, 3.63) is 0 Å². The van der Waals surface area contributed by atoms with Gasteiger partial charge in [-0.15, -0.1) is 0 Å². The highest BCUT2D eigenvalue weighted by Gasteiger charge is 2.28. The molecule has 0 aromatic heterocycles. The first-order valence-electron chi connectivity index (χ1n) is 2.78. The number of carboxylic acid groups (broad SMARTS) is 1. The summed E-state index contributed by atoms with van der Waals surface area (Å²) in [6.45, 7) is 0. The van der Waals surface area contributed by atoms with Crippen molar-refractivity contribution >= 4 is 12.3 Å². The van der Waals surface area contributed by atoms with Crippen molar-refractivity contribution in [2.75, 3.05) is 0 Å². The summed E-state index contributed by atoms with van der Waals surface area (Å²) < 4.78 is 0. The van der Waals surface area contributed by atoms with E-state index in [0.717, 1.165) is 0 Å². The molecule has 0 aromatic rings. The standard InChI is InChI=1S/C5H9NO5/c6-3(4(8)9)1-5(10,11)2-7/h2-3,10-11H,1,6H2,(H,8,9)/t3-/m0/s1. The van der Waals surface area contributed by atoms with Crippen molar-refractivity contribution in [2.45, 2.75) is 18.2 Å². The highest BCUT2D eigenvalue weighted by Crippen LogP contribution is 2.04. The lowest BCUT2D eigenvalue weighted by molar-refractivity contribution is -0.175. The summed E-state index contributed by atoms with van der Waals surface area (Å²) in [6.07, 6.45) is -0.887. The molecule has 0 aliphatic carbocycles. The fraction of sp³-hybridized carbons (Fsp3) is 0.600. The molecular formula is C5H9NO5. The zero-order valence-electron chi connectivity index (χ0n) is 5.60. The normalized spacial score (nSPS) is 14.1. The molecule has 0 aromatic carbocycles. The van der Waals surface area contributed by atoms with Crippen LogP contribution >= 0.6 is 0 Å². The van der Waals surface area contributed by atoms with E-state index in [1.165, 1.54) is 0 Å². The number of aliphatic hydroxyl groups is 2. The van der Waals surface area contributed by atoms with Gasteiger partial charge >= 0.3 is 5.97 Å². The van der Waals surface area contributed by atoms with Crippen LogP contribution in [0.15, 0.2) is 0 Å². The number of rotatable bonds is 4. The van der Waals surface area contributed by atoms with E-state index in [4.69, 9.17) is 21.1 Å². The largest absolute Gasteiger partial charge is 0.480 e. The zero-order valence-corrected chi connectivity index (χ0v) is 5.60. The summed E-state index contributed by atoms with van der Waals surface area (Å²) in [5, 5.41) is 25.4. The molecule has 11 heavy (non-hydrogen) atoms. The molecule has 0 radical (unpaired) electrons. The Bertz CT molecular complexity index is 166. The molecule has 0 saturated heterocycles. The molecule has 0 fully saturated rings. The lowest BCUT2D eigenvalue weighted by atomic mass is 10.1. The van der Waals surface area contributed by atoms with E-state index >= 15 is 0 Å². The number of hydrogen-bond donors (Lipinski definition) is 4. The van der Waals surface area contributed by atoms with Gasteiger partial charge in [-0.05, 0) is 0 Å². The van der Waals surface area contributed by atoms with Gasteiger partial charge in [0.2, 0.25) is 5.79 Å². The second-order valence-electron chi connectivity index (χ2n) is 2.15. The number of aliphatic carboxylic acids is 1. The van der Waals surface area contributed by atoms with Gasteiger partial charge < -0.3 is 21.1 Å². The molecule has 5 N–H and O–H groups in total. The van der Waals surface area contributed by atoms with E-state index in [-0.39, 0.29) is 6.29 Å². The molecule has 0 amide bonds. The van der Waals surface area contributed by atoms with Gasteiger partial charge in [-0.2, -0.15) is 0 Å². The van der Waals surface area contributed by atoms with Crippen LogP contribution in [0.5, 0.6) is 0 Å². The first kappa shape index (κ1) is 10.0. The zero-order chi connectivity index (χ0) is 9.07. The number of carboxylic acids is 1. The Balaban J connectivity index is 4.03. The highest BCUT2D eigenvalue weighted by molar-refractivity contribution is 5.74. The van der Waals surface area contributed by atoms with Gasteiger partial charge in [-0.1, -0.05) is 0 Å². The fourth-order valence-electron chi connectivity index (χ4n) is 0.459. The summed E-state index contributed by atoms with van der Waals surface area (Å²) in [7, 11) is 0.